The number of hydrogen-bond donors (Lipinski definition) is 1. The van der Waals surface area contributed by atoms with Gasteiger partial charge in [0.15, 0.2) is 5.43 Å². The first-order valence-corrected chi connectivity index (χ1v) is 5.07. The Bertz CT molecular complexity index is 569. The first kappa shape index (κ1) is 10.8. The Labute approximate surface area is 97.2 Å². The smallest absolute Gasteiger partial charge is 0.192 e. The summed E-state index contributed by atoms with van der Waals surface area (Å²) >= 11 is 4.15. The number of halogens is 1. The van der Waals surface area contributed by atoms with Gasteiger partial charge in [0, 0.05) is 5.56 Å². The van der Waals surface area contributed by atoms with Crippen LogP contribution < -0.4 is 5.43 Å². The Hall–Kier alpha value is -1.68. The van der Waals surface area contributed by atoms with Crippen LogP contribution in [0.4, 0.5) is 4.39 Å². The summed E-state index contributed by atoms with van der Waals surface area (Å²) < 4.78 is 12.7. The van der Waals surface area contributed by atoms with Crippen LogP contribution in [0.15, 0.2) is 52.3 Å². The molecule has 2 aromatic rings. The number of hydrogen-bond acceptors (Lipinski definition) is 3. The van der Waals surface area contributed by atoms with Gasteiger partial charge in [-0.1, -0.05) is 18.2 Å². The number of pyridine rings is 1. The molecule has 2 rings (SSSR count). The Morgan fingerprint density at radius 2 is 1.88 bits per heavy atom. The molecule has 80 valence electrons. The van der Waals surface area contributed by atoms with E-state index in [-0.39, 0.29) is 5.43 Å². The Morgan fingerprint density at radius 1 is 1.12 bits per heavy atom. The summed E-state index contributed by atoms with van der Waals surface area (Å²) in [6.45, 7) is 0. The van der Waals surface area contributed by atoms with Gasteiger partial charge in [0.25, 0.3) is 0 Å². The van der Waals surface area contributed by atoms with Crippen molar-refractivity contribution in [1.29, 1.82) is 0 Å². The predicted molar refractivity (Wildman–Crippen MR) is 63.2 cm³/mol. The van der Waals surface area contributed by atoms with Crippen LogP contribution in [0.3, 0.4) is 0 Å². The molecule has 1 aromatic heterocycles. The van der Waals surface area contributed by atoms with E-state index >= 15 is 0 Å². The molecule has 4 heteroatoms. The lowest BCUT2D eigenvalue weighted by atomic mass is 10.2. The van der Waals surface area contributed by atoms with E-state index in [0.717, 1.165) is 6.20 Å². The van der Waals surface area contributed by atoms with Crippen molar-refractivity contribution in [3.8, 4) is 11.3 Å². The second kappa shape index (κ2) is 4.45. The predicted octanol–water partition coefficient (Wildman–Crippen LogP) is 2.54. The average Bonchev–Trinajstić information content (AvgIpc) is 2.44. The van der Waals surface area contributed by atoms with Crippen molar-refractivity contribution < 1.29 is 4.39 Å². The van der Waals surface area contributed by atoms with Crippen molar-refractivity contribution in [2.45, 2.75) is 4.90 Å². The fraction of sp³-hybridized carbons (Fsp3) is 0. The van der Waals surface area contributed by atoms with Crippen molar-refractivity contribution in [1.82, 2.24) is 4.98 Å². The molecule has 1 heterocycles. The fourth-order valence-corrected chi connectivity index (χ4v) is 1.59. The van der Waals surface area contributed by atoms with Crippen LogP contribution in [-0.4, -0.2) is 4.98 Å². The van der Waals surface area contributed by atoms with E-state index in [0.29, 0.717) is 16.2 Å². The summed E-state index contributed by atoms with van der Waals surface area (Å²) in [5, 5.41) is 0. The first-order valence-electron chi connectivity index (χ1n) is 4.63. The standard InChI is InChI=1S/C12H8FNOS/c13-8-5-6-10(14-7-8)9-3-1-2-4-11(15)12(9)16/h1-7H,(H,15,16). The summed E-state index contributed by atoms with van der Waals surface area (Å²) in [7, 11) is 0. The number of rotatable bonds is 1. The van der Waals surface area contributed by atoms with Gasteiger partial charge in [0.2, 0.25) is 0 Å². The lowest BCUT2D eigenvalue weighted by Crippen LogP contribution is -1.97. The fourth-order valence-electron chi connectivity index (χ4n) is 1.33. The maximum absolute atomic E-state index is 12.7. The highest BCUT2D eigenvalue weighted by molar-refractivity contribution is 7.80. The van der Waals surface area contributed by atoms with Gasteiger partial charge in [-0.15, -0.1) is 12.6 Å². The largest absolute Gasteiger partial charge is 0.289 e. The molecule has 0 bridgehead atoms. The summed E-state index contributed by atoms with van der Waals surface area (Å²) in [5.74, 6) is -0.410. The minimum Gasteiger partial charge on any atom is -0.289 e. The first-order chi connectivity index (χ1) is 7.68. The second-order valence-corrected chi connectivity index (χ2v) is 3.65. The zero-order chi connectivity index (χ0) is 11.5. The lowest BCUT2D eigenvalue weighted by Gasteiger charge is -1.99. The van der Waals surface area contributed by atoms with Crippen LogP contribution in [-0.2, 0) is 0 Å². The second-order valence-electron chi connectivity index (χ2n) is 3.21. The van der Waals surface area contributed by atoms with Crippen LogP contribution in [0.2, 0.25) is 0 Å². The normalized spacial score (nSPS) is 10.1. The van der Waals surface area contributed by atoms with E-state index in [4.69, 9.17) is 0 Å². The molecular weight excluding hydrogens is 225 g/mol. The molecule has 0 unspecified atom stereocenters. The quantitative estimate of drug-likeness (QED) is 0.767. The van der Waals surface area contributed by atoms with E-state index in [9.17, 15) is 9.18 Å². The molecule has 0 aliphatic carbocycles. The Balaban J connectivity index is 2.66. The molecular formula is C12H8FNOS. The summed E-state index contributed by atoms with van der Waals surface area (Å²) in [4.78, 5) is 15.7. The van der Waals surface area contributed by atoms with Gasteiger partial charge < -0.3 is 0 Å². The molecule has 0 spiro atoms. The van der Waals surface area contributed by atoms with Gasteiger partial charge in [-0.2, -0.15) is 0 Å². The SMILES string of the molecule is O=c1ccccc(-c2ccc(F)cn2)c1S. The molecule has 0 saturated carbocycles. The van der Waals surface area contributed by atoms with E-state index < -0.39 is 5.82 Å². The Kier molecular flexibility index (Phi) is 3.01. The molecule has 1 aromatic carbocycles. The molecule has 0 aliphatic heterocycles. The number of nitrogens with zero attached hydrogens (tertiary/aromatic N) is 1. The van der Waals surface area contributed by atoms with Crippen LogP contribution in [0.5, 0.6) is 0 Å². The monoisotopic (exact) mass is 233 g/mol. The van der Waals surface area contributed by atoms with Crippen molar-refractivity contribution in [2.75, 3.05) is 0 Å². The van der Waals surface area contributed by atoms with Gasteiger partial charge in [0.05, 0.1) is 16.8 Å². The van der Waals surface area contributed by atoms with Crippen molar-refractivity contribution in [3.63, 3.8) is 0 Å². The van der Waals surface area contributed by atoms with Crippen molar-refractivity contribution in [2.24, 2.45) is 0 Å². The molecule has 16 heavy (non-hydrogen) atoms. The molecule has 0 N–H and O–H groups in total. The van der Waals surface area contributed by atoms with Crippen LogP contribution in [0, 0.1) is 5.82 Å². The minimum atomic E-state index is -0.410. The molecule has 0 aliphatic rings. The summed E-state index contributed by atoms with van der Waals surface area (Å²) in [6.07, 6.45) is 1.11. The summed E-state index contributed by atoms with van der Waals surface area (Å²) in [6, 6.07) is 9.33. The highest BCUT2D eigenvalue weighted by Gasteiger charge is 2.04. The highest BCUT2D eigenvalue weighted by atomic mass is 32.1. The highest BCUT2D eigenvalue weighted by Crippen LogP contribution is 2.20. The zero-order valence-corrected chi connectivity index (χ0v) is 9.12. The van der Waals surface area contributed by atoms with Gasteiger partial charge in [-0.3, -0.25) is 9.78 Å². The molecule has 0 fully saturated rings. The van der Waals surface area contributed by atoms with Crippen LogP contribution in [0.25, 0.3) is 11.3 Å². The maximum Gasteiger partial charge on any atom is 0.192 e. The van der Waals surface area contributed by atoms with Gasteiger partial charge in [-0.05, 0) is 18.2 Å². The van der Waals surface area contributed by atoms with Crippen molar-refractivity contribution in [3.05, 3.63) is 58.6 Å². The van der Waals surface area contributed by atoms with Crippen LogP contribution in [0.1, 0.15) is 0 Å². The number of thiol groups is 1. The minimum absolute atomic E-state index is 0.186. The van der Waals surface area contributed by atoms with Gasteiger partial charge in [0.1, 0.15) is 5.82 Å². The average molecular weight is 233 g/mol. The van der Waals surface area contributed by atoms with E-state index in [1.807, 2.05) is 0 Å². The molecule has 2 nitrogen and oxygen atoms in total. The van der Waals surface area contributed by atoms with Gasteiger partial charge >= 0.3 is 0 Å². The third-order valence-corrected chi connectivity index (χ3v) is 2.57. The third kappa shape index (κ3) is 2.12. The summed E-state index contributed by atoms with van der Waals surface area (Å²) in [5.41, 5.74) is 0.937. The number of aromatic nitrogens is 1. The molecule has 0 amide bonds. The van der Waals surface area contributed by atoms with Crippen LogP contribution >= 0.6 is 12.6 Å². The van der Waals surface area contributed by atoms with E-state index in [2.05, 4.69) is 17.6 Å². The van der Waals surface area contributed by atoms with Crippen molar-refractivity contribution >= 4 is 12.6 Å². The molecule has 0 radical (unpaired) electrons. The van der Waals surface area contributed by atoms with E-state index in [1.54, 1.807) is 18.2 Å². The van der Waals surface area contributed by atoms with E-state index in [1.165, 1.54) is 18.2 Å². The Morgan fingerprint density at radius 3 is 2.56 bits per heavy atom. The third-order valence-electron chi connectivity index (χ3n) is 2.11. The zero-order valence-electron chi connectivity index (χ0n) is 8.22. The molecule has 0 atom stereocenters. The molecule has 0 saturated heterocycles. The lowest BCUT2D eigenvalue weighted by molar-refractivity contribution is 0.622. The maximum atomic E-state index is 12.7. The topological polar surface area (TPSA) is 30.0 Å². The van der Waals surface area contributed by atoms with Gasteiger partial charge in [-0.25, -0.2) is 4.39 Å².